The highest BCUT2D eigenvalue weighted by molar-refractivity contribution is 5.92. The second kappa shape index (κ2) is 5.81. The largest absolute Gasteiger partial charge is 0.435 e. The van der Waals surface area contributed by atoms with E-state index in [1.807, 2.05) is 13.8 Å². The van der Waals surface area contributed by atoms with Crippen LogP contribution in [-0.2, 0) is 6.42 Å². The van der Waals surface area contributed by atoms with E-state index in [1.54, 1.807) is 31.1 Å². The molecule has 0 aromatic carbocycles. The molecule has 2 rings (SSSR count). The fourth-order valence-electron chi connectivity index (χ4n) is 1.88. The first-order valence-corrected chi connectivity index (χ1v) is 6.54. The predicted molar refractivity (Wildman–Crippen MR) is 73.2 cm³/mol. The maximum atomic E-state index is 12.5. The fourth-order valence-corrected chi connectivity index (χ4v) is 1.88. The number of aryl methyl sites for hydroxylation is 2. The van der Waals surface area contributed by atoms with Crippen LogP contribution in [0.25, 0.3) is 0 Å². The van der Waals surface area contributed by atoms with Gasteiger partial charge in [0, 0.05) is 19.7 Å². The molecule has 6 heteroatoms. The van der Waals surface area contributed by atoms with Gasteiger partial charge in [0.1, 0.15) is 6.33 Å². The number of hydrogen-bond acceptors (Lipinski definition) is 5. The molecule has 0 saturated heterocycles. The van der Waals surface area contributed by atoms with Crippen LogP contribution in [0.2, 0.25) is 0 Å². The summed E-state index contributed by atoms with van der Waals surface area (Å²) in [5, 5.41) is 0. The number of carbonyl (C=O) groups excluding carboxylic acids is 1. The van der Waals surface area contributed by atoms with E-state index in [1.165, 1.54) is 6.33 Å². The van der Waals surface area contributed by atoms with Gasteiger partial charge in [0.25, 0.3) is 5.91 Å². The van der Waals surface area contributed by atoms with Crippen molar-refractivity contribution in [3.63, 3.8) is 0 Å². The van der Waals surface area contributed by atoms with Crippen molar-refractivity contribution < 1.29 is 9.21 Å². The van der Waals surface area contributed by atoms with Gasteiger partial charge in [0.05, 0.1) is 17.4 Å². The summed E-state index contributed by atoms with van der Waals surface area (Å²) in [5.74, 6) is 0.681. The van der Waals surface area contributed by atoms with Crippen LogP contribution in [0.3, 0.4) is 0 Å². The number of carbonyl (C=O) groups is 1. The lowest BCUT2D eigenvalue weighted by Gasteiger charge is -2.23. The van der Waals surface area contributed by atoms with E-state index in [2.05, 4.69) is 15.0 Å². The van der Waals surface area contributed by atoms with Gasteiger partial charge in [0.2, 0.25) is 5.76 Å². The normalized spacial score (nSPS) is 12.2. The third-order valence-corrected chi connectivity index (χ3v) is 3.27. The molecule has 2 aromatic rings. The van der Waals surface area contributed by atoms with Gasteiger partial charge in [-0.25, -0.2) is 15.0 Å². The van der Waals surface area contributed by atoms with Crippen molar-refractivity contribution in [1.82, 2.24) is 19.9 Å². The molecule has 1 atom stereocenters. The Balaban J connectivity index is 2.22. The molecule has 0 aliphatic carbocycles. The number of oxazole rings is 1. The van der Waals surface area contributed by atoms with Crippen molar-refractivity contribution in [2.24, 2.45) is 0 Å². The minimum atomic E-state index is -0.194. The Bertz CT molecular complexity index is 594. The number of hydrogen-bond donors (Lipinski definition) is 0. The second-order valence-electron chi connectivity index (χ2n) is 4.60. The molecule has 0 N–H and O–H groups in total. The summed E-state index contributed by atoms with van der Waals surface area (Å²) in [6.45, 7) is 5.62. The lowest BCUT2D eigenvalue weighted by Crippen LogP contribution is -2.30. The quantitative estimate of drug-likeness (QED) is 0.854. The Morgan fingerprint density at radius 1 is 1.50 bits per heavy atom. The van der Waals surface area contributed by atoms with Crippen LogP contribution in [0.15, 0.2) is 23.0 Å². The highest BCUT2D eigenvalue weighted by Gasteiger charge is 2.25. The molecule has 0 radical (unpaired) electrons. The van der Waals surface area contributed by atoms with Crippen LogP contribution in [0.5, 0.6) is 0 Å². The smallest absolute Gasteiger partial charge is 0.291 e. The first kappa shape index (κ1) is 14.2. The van der Waals surface area contributed by atoms with Crippen LogP contribution >= 0.6 is 0 Å². The standard InChI is InChI=1S/C14H18N4O2/c1-5-12-17-9(2)13(20-12)14(19)18(4)10(3)11-6-7-15-8-16-11/h6-8,10H,5H2,1-4H3/t10-/m1/s1. The van der Waals surface area contributed by atoms with Crippen LogP contribution in [-0.4, -0.2) is 32.8 Å². The molecule has 0 saturated carbocycles. The number of amides is 1. The van der Waals surface area contributed by atoms with E-state index < -0.39 is 0 Å². The van der Waals surface area contributed by atoms with E-state index in [0.29, 0.717) is 23.8 Å². The summed E-state index contributed by atoms with van der Waals surface area (Å²) in [6.07, 6.45) is 3.80. The monoisotopic (exact) mass is 274 g/mol. The summed E-state index contributed by atoms with van der Waals surface area (Å²) in [5.41, 5.74) is 1.40. The van der Waals surface area contributed by atoms with Gasteiger partial charge in [-0.3, -0.25) is 4.79 Å². The van der Waals surface area contributed by atoms with E-state index in [0.717, 1.165) is 5.69 Å². The van der Waals surface area contributed by atoms with Gasteiger partial charge in [-0.1, -0.05) is 6.92 Å². The molecule has 0 spiro atoms. The zero-order valence-electron chi connectivity index (χ0n) is 12.1. The van der Waals surface area contributed by atoms with Crippen molar-refractivity contribution >= 4 is 5.91 Å². The third-order valence-electron chi connectivity index (χ3n) is 3.27. The summed E-state index contributed by atoms with van der Waals surface area (Å²) in [7, 11) is 1.72. The van der Waals surface area contributed by atoms with Crippen molar-refractivity contribution in [3.05, 3.63) is 41.6 Å². The minimum absolute atomic E-state index is 0.167. The molecule has 0 unspecified atom stereocenters. The van der Waals surface area contributed by atoms with Gasteiger partial charge in [-0.15, -0.1) is 0 Å². The van der Waals surface area contributed by atoms with Crippen molar-refractivity contribution in [2.75, 3.05) is 7.05 Å². The molecule has 2 heterocycles. The maximum Gasteiger partial charge on any atom is 0.291 e. The molecule has 0 aliphatic rings. The lowest BCUT2D eigenvalue weighted by atomic mass is 10.2. The molecule has 106 valence electrons. The van der Waals surface area contributed by atoms with Crippen LogP contribution in [0.4, 0.5) is 0 Å². The van der Waals surface area contributed by atoms with Crippen molar-refractivity contribution in [1.29, 1.82) is 0 Å². The first-order chi connectivity index (χ1) is 9.54. The SMILES string of the molecule is CCc1nc(C)c(C(=O)N(C)[C@H](C)c2ccncn2)o1. The van der Waals surface area contributed by atoms with Gasteiger partial charge in [0.15, 0.2) is 5.89 Å². The highest BCUT2D eigenvalue weighted by atomic mass is 16.4. The topological polar surface area (TPSA) is 72.1 Å². The summed E-state index contributed by atoms with van der Waals surface area (Å²) >= 11 is 0. The van der Waals surface area contributed by atoms with Crippen LogP contribution < -0.4 is 0 Å². The zero-order valence-corrected chi connectivity index (χ0v) is 12.1. The number of rotatable bonds is 4. The third kappa shape index (κ3) is 2.68. The Labute approximate surface area is 117 Å². The molecule has 2 aromatic heterocycles. The maximum absolute atomic E-state index is 12.5. The Morgan fingerprint density at radius 2 is 2.25 bits per heavy atom. The molecule has 1 amide bonds. The molecule has 0 fully saturated rings. The van der Waals surface area contributed by atoms with E-state index in [9.17, 15) is 4.79 Å². The minimum Gasteiger partial charge on any atom is -0.435 e. The van der Waals surface area contributed by atoms with Gasteiger partial charge in [-0.2, -0.15) is 0 Å². The molecular weight excluding hydrogens is 256 g/mol. The Morgan fingerprint density at radius 3 is 2.80 bits per heavy atom. The van der Waals surface area contributed by atoms with Crippen molar-refractivity contribution in [2.45, 2.75) is 33.2 Å². The average molecular weight is 274 g/mol. The molecular formula is C14H18N4O2. The second-order valence-corrected chi connectivity index (χ2v) is 4.60. The van der Waals surface area contributed by atoms with Gasteiger partial charge < -0.3 is 9.32 Å². The summed E-state index contributed by atoms with van der Waals surface area (Å²) in [4.78, 5) is 26.3. The summed E-state index contributed by atoms with van der Waals surface area (Å²) in [6, 6.07) is 1.62. The predicted octanol–water partition coefficient (Wildman–Crippen LogP) is 2.17. The molecule has 0 bridgehead atoms. The summed E-state index contributed by atoms with van der Waals surface area (Å²) < 4.78 is 5.50. The lowest BCUT2D eigenvalue weighted by molar-refractivity contribution is 0.0704. The molecule has 0 aliphatic heterocycles. The van der Waals surface area contributed by atoms with E-state index in [-0.39, 0.29) is 11.9 Å². The molecule has 6 nitrogen and oxygen atoms in total. The average Bonchev–Trinajstić information content (AvgIpc) is 2.87. The number of aromatic nitrogens is 3. The highest BCUT2D eigenvalue weighted by Crippen LogP contribution is 2.20. The zero-order chi connectivity index (χ0) is 14.7. The van der Waals surface area contributed by atoms with Crippen LogP contribution in [0.1, 0.15) is 47.7 Å². The van der Waals surface area contributed by atoms with Gasteiger partial charge in [-0.05, 0) is 19.9 Å². The van der Waals surface area contributed by atoms with Crippen molar-refractivity contribution in [3.8, 4) is 0 Å². The molecule has 20 heavy (non-hydrogen) atoms. The van der Waals surface area contributed by atoms with Gasteiger partial charge >= 0.3 is 0 Å². The van der Waals surface area contributed by atoms with E-state index in [4.69, 9.17) is 4.42 Å². The van der Waals surface area contributed by atoms with Crippen LogP contribution in [0, 0.1) is 6.92 Å². The first-order valence-electron chi connectivity index (χ1n) is 6.54. The number of nitrogens with zero attached hydrogens (tertiary/aromatic N) is 4. The Kier molecular flexibility index (Phi) is 4.12. The fraction of sp³-hybridized carbons (Fsp3) is 0.429. The Hall–Kier alpha value is -2.24. The van der Waals surface area contributed by atoms with E-state index >= 15 is 0 Å².